The molecule has 0 spiro atoms. The van der Waals surface area contributed by atoms with Crippen molar-refractivity contribution in [1.29, 1.82) is 0 Å². The van der Waals surface area contributed by atoms with E-state index in [0.29, 0.717) is 19.1 Å². The number of fused-ring (bicyclic) bond motifs is 1. The van der Waals surface area contributed by atoms with E-state index in [-0.39, 0.29) is 5.54 Å². The molecule has 1 heterocycles. The van der Waals surface area contributed by atoms with Crippen molar-refractivity contribution in [3.05, 3.63) is 95.6 Å². The third-order valence-electron chi connectivity index (χ3n) is 6.85. The van der Waals surface area contributed by atoms with Crippen LogP contribution in [0.1, 0.15) is 54.7 Å². The first-order valence-electron chi connectivity index (χ1n) is 11.6. The summed E-state index contributed by atoms with van der Waals surface area (Å²) in [5.41, 5.74) is 4.14. The largest absolute Gasteiger partial charge is 0.486 e. The predicted molar refractivity (Wildman–Crippen MR) is 125 cm³/mol. The second kappa shape index (κ2) is 9.15. The third kappa shape index (κ3) is 4.33. The molecule has 0 atom stereocenters. The van der Waals surface area contributed by atoms with Crippen LogP contribution in [-0.4, -0.2) is 19.8 Å². The zero-order chi connectivity index (χ0) is 20.9. The summed E-state index contributed by atoms with van der Waals surface area (Å²) in [6.45, 7) is 2.24. The highest BCUT2D eigenvalue weighted by Gasteiger charge is 2.36. The van der Waals surface area contributed by atoms with Crippen LogP contribution in [0.25, 0.3) is 0 Å². The van der Waals surface area contributed by atoms with E-state index in [1.807, 2.05) is 0 Å². The molecule has 1 aliphatic heterocycles. The topological polar surface area (TPSA) is 30.5 Å². The van der Waals surface area contributed by atoms with Crippen molar-refractivity contribution < 1.29 is 9.47 Å². The molecule has 3 aromatic rings. The molecule has 3 heteroatoms. The summed E-state index contributed by atoms with van der Waals surface area (Å²) in [5, 5.41) is 3.99. The summed E-state index contributed by atoms with van der Waals surface area (Å²) in [5.74, 6) is 2.16. The normalized spacial score (nSPS) is 17.1. The molecular formula is C28H31NO2. The highest BCUT2D eigenvalue weighted by Crippen LogP contribution is 2.42. The smallest absolute Gasteiger partial charge is 0.161 e. The van der Waals surface area contributed by atoms with Gasteiger partial charge in [0.2, 0.25) is 0 Å². The molecule has 31 heavy (non-hydrogen) atoms. The van der Waals surface area contributed by atoms with Crippen LogP contribution in [0.2, 0.25) is 0 Å². The number of hydrogen-bond donors (Lipinski definition) is 1. The summed E-state index contributed by atoms with van der Waals surface area (Å²) < 4.78 is 11.6. The molecule has 0 bridgehead atoms. The Morgan fingerprint density at radius 3 is 2.00 bits per heavy atom. The molecule has 0 radical (unpaired) electrons. The monoisotopic (exact) mass is 413 g/mol. The van der Waals surface area contributed by atoms with Crippen LogP contribution in [0.4, 0.5) is 0 Å². The van der Waals surface area contributed by atoms with E-state index in [1.54, 1.807) is 0 Å². The van der Waals surface area contributed by atoms with E-state index < -0.39 is 0 Å². The fourth-order valence-electron chi connectivity index (χ4n) is 5.24. The number of benzene rings is 3. The molecule has 1 saturated carbocycles. The molecule has 1 N–H and O–H groups in total. The van der Waals surface area contributed by atoms with Crippen LogP contribution < -0.4 is 14.8 Å². The first kappa shape index (κ1) is 20.1. The second-order valence-corrected chi connectivity index (χ2v) is 8.74. The van der Waals surface area contributed by atoms with Crippen LogP contribution in [0.3, 0.4) is 0 Å². The number of hydrogen-bond acceptors (Lipinski definition) is 3. The van der Waals surface area contributed by atoms with Gasteiger partial charge in [0.05, 0.1) is 0 Å². The van der Waals surface area contributed by atoms with Crippen molar-refractivity contribution in [2.24, 2.45) is 0 Å². The van der Waals surface area contributed by atoms with E-state index in [0.717, 1.165) is 24.5 Å². The molecule has 5 rings (SSSR count). The van der Waals surface area contributed by atoms with Gasteiger partial charge in [-0.1, -0.05) is 79.6 Å². The Morgan fingerprint density at radius 1 is 0.742 bits per heavy atom. The Morgan fingerprint density at radius 2 is 1.35 bits per heavy atom. The maximum Gasteiger partial charge on any atom is 0.161 e. The van der Waals surface area contributed by atoms with E-state index in [9.17, 15) is 0 Å². The van der Waals surface area contributed by atoms with Gasteiger partial charge < -0.3 is 14.8 Å². The van der Waals surface area contributed by atoms with Crippen molar-refractivity contribution in [3.8, 4) is 11.5 Å². The predicted octanol–water partition coefficient (Wildman–Crippen LogP) is 6.04. The first-order chi connectivity index (χ1) is 15.3. The minimum Gasteiger partial charge on any atom is -0.486 e. The van der Waals surface area contributed by atoms with Gasteiger partial charge in [-0.15, -0.1) is 0 Å². The molecule has 2 aliphatic rings. The van der Waals surface area contributed by atoms with E-state index in [2.05, 4.69) is 84.2 Å². The Bertz CT molecular complexity index is 941. The van der Waals surface area contributed by atoms with Gasteiger partial charge in [-0.2, -0.15) is 0 Å². The molecule has 160 valence electrons. The molecule has 0 amide bonds. The van der Waals surface area contributed by atoms with Crippen molar-refractivity contribution in [2.75, 3.05) is 19.8 Å². The standard InChI is InChI=1S/C28H31NO2/c1-3-9-22(10-4-1)25(23-11-5-2-6-12-23)15-18-29-28(16-7-8-17-28)24-13-14-26-27(21-24)31-20-19-30-26/h1-6,9-14,21,25,29H,7-8,15-20H2. The average Bonchev–Trinajstić information content (AvgIpc) is 3.33. The SMILES string of the molecule is c1ccc(C(CCNC2(c3ccc4c(c3)OCCO4)CCCC2)c2ccccc2)cc1. The lowest BCUT2D eigenvalue weighted by atomic mass is 9.85. The minimum absolute atomic E-state index is 0.0355. The molecular weight excluding hydrogens is 382 g/mol. The van der Waals surface area contributed by atoms with Gasteiger partial charge in [0.25, 0.3) is 0 Å². The minimum atomic E-state index is 0.0355. The zero-order valence-electron chi connectivity index (χ0n) is 18.1. The fourth-order valence-corrected chi connectivity index (χ4v) is 5.24. The Balaban J connectivity index is 1.35. The van der Waals surface area contributed by atoms with E-state index in [4.69, 9.17) is 9.47 Å². The summed E-state index contributed by atoms with van der Waals surface area (Å²) in [7, 11) is 0. The summed E-state index contributed by atoms with van der Waals surface area (Å²) >= 11 is 0. The number of nitrogens with one attached hydrogen (secondary N) is 1. The van der Waals surface area contributed by atoms with Gasteiger partial charge in [-0.3, -0.25) is 0 Å². The van der Waals surface area contributed by atoms with Crippen molar-refractivity contribution in [3.63, 3.8) is 0 Å². The lowest BCUT2D eigenvalue weighted by molar-refractivity contribution is 0.170. The Labute approximate surface area is 185 Å². The van der Waals surface area contributed by atoms with Crippen LogP contribution in [0, 0.1) is 0 Å². The van der Waals surface area contributed by atoms with Gasteiger partial charge in [-0.05, 0) is 54.6 Å². The molecule has 0 aromatic heterocycles. The quantitative estimate of drug-likeness (QED) is 0.512. The van der Waals surface area contributed by atoms with Crippen LogP contribution in [0.5, 0.6) is 11.5 Å². The first-order valence-corrected chi connectivity index (χ1v) is 11.6. The molecule has 1 aliphatic carbocycles. The summed E-state index contributed by atoms with van der Waals surface area (Å²) in [6.07, 6.45) is 5.95. The summed E-state index contributed by atoms with van der Waals surface area (Å²) in [4.78, 5) is 0. The molecule has 3 aromatic carbocycles. The number of rotatable bonds is 7. The molecule has 1 fully saturated rings. The molecule has 0 saturated heterocycles. The second-order valence-electron chi connectivity index (χ2n) is 8.74. The third-order valence-corrected chi connectivity index (χ3v) is 6.85. The van der Waals surface area contributed by atoms with E-state index in [1.165, 1.54) is 42.4 Å². The maximum atomic E-state index is 5.87. The lowest BCUT2D eigenvalue weighted by Crippen LogP contribution is -2.41. The van der Waals surface area contributed by atoms with Crippen molar-refractivity contribution in [1.82, 2.24) is 5.32 Å². The Kier molecular flexibility index (Phi) is 5.95. The van der Waals surface area contributed by atoms with Crippen molar-refractivity contribution >= 4 is 0 Å². The zero-order valence-corrected chi connectivity index (χ0v) is 18.1. The van der Waals surface area contributed by atoms with Gasteiger partial charge in [0.1, 0.15) is 13.2 Å². The van der Waals surface area contributed by atoms with Crippen LogP contribution in [0.15, 0.2) is 78.9 Å². The van der Waals surface area contributed by atoms with Gasteiger partial charge in [0, 0.05) is 11.5 Å². The fraction of sp³-hybridized carbons (Fsp3) is 0.357. The average molecular weight is 414 g/mol. The van der Waals surface area contributed by atoms with Gasteiger partial charge in [-0.25, -0.2) is 0 Å². The van der Waals surface area contributed by atoms with Crippen molar-refractivity contribution in [2.45, 2.75) is 43.6 Å². The van der Waals surface area contributed by atoms with Gasteiger partial charge >= 0.3 is 0 Å². The van der Waals surface area contributed by atoms with Crippen LogP contribution in [-0.2, 0) is 5.54 Å². The highest BCUT2D eigenvalue weighted by molar-refractivity contribution is 5.46. The molecule has 0 unspecified atom stereocenters. The van der Waals surface area contributed by atoms with Gasteiger partial charge in [0.15, 0.2) is 11.5 Å². The van der Waals surface area contributed by atoms with E-state index >= 15 is 0 Å². The maximum absolute atomic E-state index is 5.87. The van der Waals surface area contributed by atoms with Crippen LogP contribution >= 0.6 is 0 Å². The lowest BCUT2D eigenvalue weighted by Gasteiger charge is -2.33. The molecule has 3 nitrogen and oxygen atoms in total. The summed E-state index contributed by atoms with van der Waals surface area (Å²) in [6, 6.07) is 28.3. The highest BCUT2D eigenvalue weighted by atomic mass is 16.6. The number of ether oxygens (including phenoxy) is 2. The Hall–Kier alpha value is -2.78.